The Kier molecular flexibility index (Phi) is 7.01. The maximum absolute atomic E-state index is 12.9. The molecule has 0 unspecified atom stereocenters. The largest absolute Gasteiger partial charge is 0.490 e. The first-order valence-corrected chi connectivity index (χ1v) is 11.8. The molecule has 0 bridgehead atoms. The van der Waals surface area contributed by atoms with E-state index in [9.17, 15) is 13.2 Å². The van der Waals surface area contributed by atoms with Crippen LogP contribution in [0, 0.1) is 0 Å². The van der Waals surface area contributed by atoms with E-state index in [0.29, 0.717) is 23.1 Å². The van der Waals surface area contributed by atoms with Crippen LogP contribution in [-0.2, 0) is 12.6 Å². The lowest BCUT2D eigenvalue weighted by molar-refractivity contribution is -0.137. The zero-order valence-corrected chi connectivity index (χ0v) is 19.7. The fourth-order valence-electron chi connectivity index (χ4n) is 4.54. The van der Waals surface area contributed by atoms with E-state index in [1.54, 1.807) is 6.07 Å². The maximum atomic E-state index is 12.9. The molecule has 0 amide bonds. The van der Waals surface area contributed by atoms with Crippen molar-refractivity contribution in [2.45, 2.75) is 57.3 Å². The first kappa shape index (κ1) is 24.0. The highest BCUT2D eigenvalue weighted by Gasteiger charge is 2.33. The summed E-state index contributed by atoms with van der Waals surface area (Å²) >= 11 is 6.25. The zero-order valence-electron chi connectivity index (χ0n) is 19.0. The van der Waals surface area contributed by atoms with Crippen molar-refractivity contribution >= 4 is 17.3 Å². The van der Waals surface area contributed by atoms with Crippen molar-refractivity contribution < 1.29 is 22.6 Å². The van der Waals surface area contributed by atoms with Crippen LogP contribution in [0.25, 0.3) is 0 Å². The van der Waals surface area contributed by atoms with Gasteiger partial charge in [-0.3, -0.25) is 0 Å². The van der Waals surface area contributed by atoms with E-state index in [-0.39, 0.29) is 11.6 Å². The summed E-state index contributed by atoms with van der Waals surface area (Å²) in [4.78, 5) is 2.37. The van der Waals surface area contributed by atoms with E-state index >= 15 is 0 Å². The molecule has 2 aliphatic heterocycles. The van der Waals surface area contributed by atoms with Gasteiger partial charge < -0.3 is 19.7 Å². The van der Waals surface area contributed by atoms with Crippen LogP contribution in [0.15, 0.2) is 36.4 Å². The minimum Gasteiger partial charge on any atom is -0.490 e. The van der Waals surface area contributed by atoms with Crippen LogP contribution >= 0.6 is 11.6 Å². The first-order chi connectivity index (χ1) is 15.6. The average Bonchev–Trinajstić information content (AvgIpc) is 3.05. The van der Waals surface area contributed by atoms with Crippen molar-refractivity contribution in [3.8, 4) is 11.5 Å². The second-order valence-corrected chi connectivity index (χ2v) is 9.91. The third kappa shape index (κ3) is 6.27. The number of halogens is 4. The van der Waals surface area contributed by atoms with Crippen molar-refractivity contribution in [3.63, 3.8) is 0 Å². The zero-order chi connectivity index (χ0) is 23.6. The number of nitrogens with zero attached hydrogens (tertiary/aromatic N) is 1. The van der Waals surface area contributed by atoms with Crippen molar-refractivity contribution in [2.24, 2.45) is 0 Å². The smallest absolute Gasteiger partial charge is 0.416 e. The minimum absolute atomic E-state index is 0.176. The van der Waals surface area contributed by atoms with Crippen molar-refractivity contribution in [3.05, 3.63) is 52.5 Å². The topological polar surface area (TPSA) is 33.7 Å². The predicted molar refractivity (Wildman–Crippen MR) is 125 cm³/mol. The van der Waals surface area contributed by atoms with E-state index in [2.05, 4.69) is 24.1 Å². The third-order valence-corrected chi connectivity index (χ3v) is 6.33. The van der Waals surface area contributed by atoms with Crippen LogP contribution in [0.2, 0.25) is 5.02 Å². The fraction of sp³-hybridized carbons (Fsp3) is 0.520. The Bertz CT molecular complexity index is 973. The fourth-order valence-corrected chi connectivity index (χ4v) is 4.77. The molecule has 0 aliphatic carbocycles. The summed E-state index contributed by atoms with van der Waals surface area (Å²) in [6.45, 7) is 7.39. The van der Waals surface area contributed by atoms with E-state index in [0.717, 1.165) is 62.7 Å². The lowest BCUT2D eigenvalue weighted by Gasteiger charge is -2.33. The second kappa shape index (κ2) is 9.63. The summed E-state index contributed by atoms with van der Waals surface area (Å²) in [7, 11) is 0. The van der Waals surface area contributed by atoms with Crippen LogP contribution in [0.4, 0.5) is 18.9 Å². The highest BCUT2D eigenvalue weighted by molar-refractivity contribution is 6.30. The normalized spacial score (nSPS) is 18.6. The number of hydrogen-bond donors (Lipinski definition) is 1. The second-order valence-electron chi connectivity index (χ2n) is 9.47. The number of hydrogen-bond acceptors (Lipinski definition) is 4. The summed E-state index contributed by atoms with van der Waals surface area (Å²) in [5, 5.41) is 3.91. The first-order valence-electron chi connectivity index (χ1n) is 11.4. The molecule has 33 heavy (non-hydrogen) atoms. The molecule has 1 saturated heterocycles. The molecule has 2 aromatic carbocycles. The van der Waals surface area contributed by atoms with Gasteiger partial charge in [-0.15, -0.1) is 0 Å². The quantitative estimate of drug-likeness (QED) is 0.462. The van der Waals surface area contributed by atoms with Gasteiger partial charge in [0.25, 0.3) is 0 Å². The Morgan fingerprint density at radius 2 is 1.94 bits per heavy atom. The van der Waals surface area contributed by atoms with Gasteiger partial charge >= 0.3 is 6.18 Å². The number of nitrogens with one attached hydrogen (secondary N) is 1. The third-order valence-electron chi connectivity index (χ3n) is 6.12. The Morgan fingerprint density at radius 1 is 1.18 bits per heavy atom. The Labute approximate surface area is 198 Å². The SMILES string of the molecule is CC1(C)Cc2cc(Cl)cc(OCCCN3CCC(Nc4cccc(C(F)(F)F)c4)CC3)c2O1. The highest BCUT2D eigenvalue weighted by atomic mass is 35.5. The Hall–Kier alpha value is -2.12. The molecule has 0 radical (unpaired) electrons. The lowest BCUT2D eigenvalue weighted by Crippen LogP contribution is -2.39. The van der Waals surface area contributed by atoms with Gasteiger partial charge in [0.15, 0.2) is 11.5 Å². The van der Waals surface area contributed by atoms with Gasteiger partial charge in [0.1, 0.15) is 5.60 Å². The van der Waals surface area contributed by atoms with Crippen molar-refractivity contribution in [1.29, 1.82) is 0 Å². The molecule has 0 aromatic heterocycles. The predicted octanol–water partition coefficient (Wildman–Crippen LogP) is 6.42. The van der Waals surface area contributed by atoms with Gasteiger partial charge in [-0.1, -0.05) is 17.7 Å². The number of rotatable bonds is 7. The summed E-state index contributed by atoms with van der Waals surface area (Å²) in [5.74, 6) is 1.50. The summed E-state index contributed by atoms with van der Waals surface area (Å²) in [5.41, 5.74) is 0.732. The lowest BCUT2D eigenvalue weighted by atomic mass is 10.0. The van der Waals surface area contributed by atoms with E-state index in [1.807, 2.05) is 12.1 Å². The molecule has 2 aliphatic rings. The number of fused-ring (bicyclic) bond motifs is 1. The molecule has 1 fully saturated rings. The minimum atomic E-state index is -4.32. The molecular weight excluding hydrogens is 453 g/mol. The number of anilines is 1. The highest BCUT2D eigenvalue weighted by Crippen LogP contribution is 2.43. The van der Waals surface area contributed by atoms with Crippen LogP contribution < -0.4 is 14.8 Å². The molecule has 4 nitrogen and oxygen atoms in total. The molecule has 2 heterocycles. The van der Waals surface area contributed by atoms with Crippen LogP contribution in [0.5, 0.6) is 11.5 Å². The molecule has 0 spiro atoms. The van der Waals surface area contributed by atoms with Gasteiger partial charge in [0.2, 0.25) is 0 Å². The van der Waals surface area contributed by atoms with Gasteiger partial charge in [0, 0.05) is 54.4 Å². The van der Waals surface area contributed by atoms with E-state index in [1.165, 1.54) is 12.1 Å². The standard InChI is InChI=1S/C25H30ClF3N2O2/c1-24(2)16-17-13-19(26)15-22(23(17)33-24)32-12-4-9-31-10-7-20(8-11-31)30-21-6-3-5-18(14-21)25(27,28)29/h3,5-6,13-15,20,30H,4,7-12,16H2,1-2H3. The summed E-state index contributed by atoms with van der Waals surface area (Å²) < 4.78 is 50.8. The number of alkyl halides is 3. The van der Waals surface area contributed by atoms with Crippen LogP contribution in [0.1, 0.15) is 44.2 Å². The number of benzene rings is 2. The van der Waals surface area contributed by atoms with Gasteiger partial charge in [-0.2, -0.15) is 13.2 Å². The summed E-state index contributed by atoms with van der Waals surface area (Å²) in [6.07, 6.45) is -0.862. The van der Waals surface area contributed by atoms with Crippen molar-refractivity contribution in [1.82, 2.24) is 4.90 Å². The molecule has 8 heteroatoms. The van der Waals surface area contributed by atoms with Crippen LogP contribution in [0.3, 0.4) is 0 Å². The van der Waals surface area contributed by atoms with E-state index < -0.39 is 11.7 Å². The van der Waals surface area contributed by atoms with E-state index in [4.69, 9.17) is 21.1 Å². The van der Waals surface area contributed by atoms with Gasteiger partial charge in [-0.25, -0.2) is 0 Å². The molecule has 1 N–H and O–H groups in total. The molecule has 4 rings (SSSR count). The number of piperidine rings is 1. The van der Waals surface area contributed by atoms with Gasteiger partial charge in [0.05, 0.1) is 12.2 Å². The molecule has 0 atom stereocenters. The maximum Gasteiger partial charge on any atom is 0.416 e. The molecule has 180 valence electrons. The van der Waals surface area contributed by atoms with Crippen LogP contribution in [-0.4, -0.2) is 42.8 Å². The monoisotopic (exact) mass is 482 g/mol. The Morgan fingerprint density at radius 3 is 2.67 bits per heavy atom. The van der Waals surface area contributed by atoms with Gasteiger partial charge in [-0.05, 0) is 57.4 Å². The van der Waals surface area contributed by atoms with Crippen molar-refractivity contribution in [2.75, 3.05) is 31.6 Å². The molecule has 0 saturated carbocycles. The Balaban J connectivity index is 1.20. The number of likely N-dealkylation sites (tertiary alicyclic amines) is 1. The molecule has 2 aromatic rings. The number of ether oxygens (including phenoxy) is 2. The molecular formula is C25H30ClF3N2O2. The summed E-state index contributed by atoms with van der Waals surface area (Å²) in [6, 6.07) is 9.35. The average molecular weight is 483 g/mol.